The lowest BCUT2D eigenvalue weighted by Gasteiger charge is -2.29. The highest BCUT2D eigenvalue weighted by molar-refractivity contribution is 5.87. The second-order valence-corrected chi connectivity index (χ2v) is 5.12. The maximum absolute atomic E-state index is 11.1. The van der Waals surface area contributed by atoms with E-state index >= 15 is 0 Å². The number of nitrogens with zero attached hydrogens (tertiary/aromatic N) is 2. The summed E-state index contributed by atoms with van der Waals surface area (Å²) in [6.45, 7) is 4.67. The third kappa shape index (κ3) is 3.51. The molecule has 0 unspecified atom stereocenters. The van der Waals surface area contributed by atoms with Gasteiger partial charge in [0.2, 0.25) is 0 Å². The van der Waals surface area contributed by atoms with Crippen molar-refractivity contribution in [3.05, 3.63) is 53.7 Å². The number of nitrogen functional groups attached to an aromatic ring is 1. The lowest BCUT2D eigenvalue weighted by Crippen LogP contribution is -2.32. The molecule has 3 N–H and O–H groups in total. The van der Waals surface area contributed by atoms with Crippen LogP contribution in [0.3, 0.4) is 0 Å². The van der Waals surface area contributed by atoms with Crippen molar-refractivity contribution >= 4 is 17.5 Å². The molecule has 1 heterocycles. The third-order valence-electron chi connectivity index (χ3n) is 3.22. The van der Waals surface area contributed by atoms with Gasteiger partial charge in [-0.15, -0.1) is 0 Å². The summed E-state index contributed by atoms with van der Waals surface area (Å²) in [5.41, 5.74) is 7.58. The van der Waals surface area contributed by atoms with Gasteiger partial charge in [-0.25, -0.2) is 9.78 Å². The zero-order valence-corrected chi connectivity index (χ0v) is 12.2. The van der Waals surface area contributed by atoms with Crippen molar-refractivity contribution in [3.63, 3.8) is 0 Å². The number of pyridine rings is 1. The highest BCUT2D eigenvalue weighted by Crippen LogP contribution is 2.25. The summed E-state index contributed by atoms with van der Waals surface area (Å²) in [6, 6.07) is 13.1. The van der Waals surface area contributed by atoms with E-state index in [-0.39, 0.29) is 11.7 Å². The summed E-state index contributed by atoms with van der Waals surface area (Å²) in [5, 5.41) is 9.09. The number of carboxylic acid groups (broad SMARTS) is 1. The van der Waals surface area contributed by atoms with Crippen LogP contribution in [-0.2, 0) is 6.54 Å². The number of aromatic carboxylic acids is 1. The summed E-state index contributed by atoms with van der Waals surface area (Å²) in [5.74, 6) is -0.548. The molecule has 0 amide bonds. The monoisotopic (exact) mass is 285 g/mol. The number of carbonyl (C=O) groups is 1. The van der Waals surface area contributed by atoms with E-state index in [4.69, 9.17) is 10.8 Å². The summed E-state index contributed by atoms with van der Waals surface area (Å²) < 4.78 is 0. The van der Waals surface area contributed by atoms with Gasteiger partial charge in [-0.1, -0.05) is 30.3 Å². The molecule has 2 rings (SSSR count). The van der Waals surface area contributed by atoms with Gasteiger partial charge >= 0.3 is 5.97 Å². The predicted molar refractivity (Wildman–Crippen MR) is 83.4 cm³/mol. The smallest absolute Gasteiger partial charge is 0.354 e. The van der Waals surface area contributed by atoms with Crippen molar-refractivity contribution in [2.45, 2.75) is 26.4 Å². The lowest BCUT2D eigenvalue weighted by molar-refractivity contribution is 0.0690. The van der Waals surface area contributed by atoms with Crippen molar-refractivity contribution in [2.24, 2.45) is 0 Å². The van der Waals surface area contributed by atoms with Gasteiger partial charge in [0.15, 0.2) is 11.5 Å². The van der Waals surface area contributed by atoms with E-state index in [1.807, 2.05) is 49.1 Å². The lowest BCUT2D eigenvalue weighted by atomic mass is 10.1. The summed E-state index contributed by atoms with van der Waals surface area (Å²) >= 11 is 0. The van der Waals surface area contributed by atoms with Gasteiger partial charge < -0.3 is 15.7 Å². The van der Waals surface area contributed by atoms with E-state index in [0.29, 0.717) is 18.1 Å². The van der Waals surface area contributed by atoms with Crippen LogP contribution >= 0.6 is 0 Å². The van der Waals surface area contributed by atoms with Gasteiger partial charge in [0.25, 0.3) is 0 Å². The topological polar surface area (TPSA) is 79.5 Å². The first-order chi connectivity index (χ1) is 9.99. The number of rotatable bonds is 5. The van der Waals surface area contributed by atoms with Crippen LogP contribution in [0, 0.1) is 0 Å². The Balaban J connectivity index is 2.38. The number of carboxylic acids is 1. The second-order valence-electron chi connectivity index (χ2n) is 5.12. The zero-order valence-electron chi connectivity index (χ0n) is 12.2. The van der Waals surface area contributed by atoms with Gasteiger partial charge in [0, 0.05) is 12.6 Å². The van der Waals surface area contributed by atoms with E-state index in [9.17, 15) is 4.79 Å². The molecule has 0 atom stereocenters. The van der Waals surface area contributed by atoms with Gasteiger partial charge in [-0.05, 0) is 31.5 Å². The molecule has 0 saturated carbocycles. The predicted octanol–water partition coefficient (Wildman–Crippen LogP) is 2.78. The molecule has 0 saturated heterocycles. The Labute approximate surface area is 124 Å². The van der Waals surface area contributed by atoms with Gasteiger partial charge in [0.1, 0.15) is 0 Å². The Morgan fingerprint density at radius 2 is 1.90 bits per heavy atom. The van der Waals surface area contributed by atoms with Crippen LogP contribution in [0.15, 0.2) is 42.5 Å². The van der Waals surface area contributed by atoms with E-state index in [1.165, 1.54) is 6.07 Å². The normalized spacial score (nSPS) is 10.6. The first kappa shape index (κ1) is 14.8. The molecule has 21 heavy (non-hydrogen) atoms. The molecule has 5 nitrogen and oxygen atoms in total. The van der Waals surface area contributed by atoms with Crippen LogP contribution in [0.1, 0.15) is 29.9 Å². The minimum absolute atomic E-state index is 0.00193. The summed E-state index contributed by atoms with van der Waals surface area (Å²) in [7, 11) is 0. The van der Waals surface area contributed by atoms with E-state index in [2.05, 4.69) is 4.98 Å². The molecule has 5 heteroatoms. The molecule has 0 aliphatic heterocycles. The Morgan fingerprint density at radius 1 is 1.24 bits per heavy atom. The Kier molecular flexibility index (Phi) is 4.42. The van der Waals surface area contributed by atoms with Crippen LogP contribution in [0.5, 0.6) is 0 Å². The van der Waals surface area contributed by atoms with E-state index < -0.39 is 5.97 Å². The van der Waals surface area contributed by atoms with Crippen molar-refractivity contribution in [1.29, 1.82) is 0 Å². The number of anilines is 2. The fourth-order valence-electron chi connectivity index (χ4n) is 2.09. The maximum atomic E-state index is 11.1. The standard InChI is InChI=1S/C16H19N3O2/c1-11(2)19(10-12-6-4-3-5-7-12)15-13(17)8-9-14(18-15)16(20)21/h3-9,11H,10,17H2,1-2H3,(H,20,21). The van der Waals surface area contributed by atoms with Crippen molar-refractivity contribution < 1.29 is 9.90 Å². The highest BCUT2D eigenvalue weighted by atomic mass is 16.4. The molecule has 0 fully saturated rings. The molecule has 0 bridgehead atoms. The van der Waals surface area contributed by atoms with E-state index in [1.54, 1.807) is 6.07 Å². The second kappa shape index (κ2) is 6.26. The summed E-state index contributed by atoms with van der Waals surface area (Å²) in [4.78, 5) is 17.3. The van der Waals surface area contributed by atoms with Gasteiger partial charge in [-0.2, -0.15) is 0 Å². The third-order valence-corrected chi connectivity index (χ3v) is 3.22. The number of hydrogen-bond donors (Lipinski definition) is 2. The number of hydrogen-bond acceptors (Lipinski definition) is 4. The molecule has 0 aliphatic rings. The summed E-state index contributed by atoms with van der Waals surface area (Å²) in [6.07, 6.45) is 0. The SMILES string of the molecule is CC(C)N(Cc1ccccc1)c1nc(C(=O)O)ccc1N. The molecule has 0 radical (unpaired) electrons. The number of aromatic nitrogens is 1. The average molecular weight is 285 g/mol. The van der Waals surface area contributed by atoms with Crippen molar-refractivity contribution in [1.82, 2.24) is 4.98 Å². The number of nitrogens with two attached hydrogens (primary N) is 1. The molecular weight excluding hydrogens is 266 g/mol. The zero-order chi connectivity index (χ0) is 15.4. The first-order valence-electron chi connectivity index (χ1n) is 6.79. The Bertz CT molecular complexity index is 627. The van der Waals surface area contributed by atoms with Crippen LogP contribution < -0.4 is 10.6 Å². The molecule has 2 aromatic rings. The molecule has 1 aromatic heterocycles. The van der Waals surface area contributed by atoms with Crippen molar-refractivity contribution in [2.75, 3.05) is 10.6 Å². The molecule has 0 aliphatic carbocycles. The van der Waals surface area contributed by atoms with Gasteiger partial charge in [-0.3, -0.25) is 0 Å². The average Bonchev–Trinajstić information content (AvgIpc) is 2.46. The Hall–Kier alpha value is -2.56. The fourth-order valence-corrected chi connectivity index (χ4v) is 2.09. The molecule has 110 valence electrons. The van der Waals surface area contributed by atoms with Crippen LogP contribution in [0.2, 0.25) is 0 Å². The minimum atomic E-state index is -1.06. The van der Waals surface area contributed by atoms with E-state index in [0.717, 1.165) is 5.56 Å². The molecular formula is C16H19N3O2. The fraction of sp³-hybridized carbons (Fsp3) is 0.250. The maximum Gasteiger partial charge on any atom is 0.354 e. The van der Waals surface area contributed by atoms with Gasteiger partial charge in [0.05, 0.1) is 5.69 Å². The largest absolute Gasteiger partial charge is 0.477 e. The quantitative estimate of drug-likeness (QED) is 0.883. The van der Waals surface area contributed by atoms with Crippen LogP contribution in [0.4, 0.5) is 11.5 Å². The number of benzene rings is 1. The molecule has 0 spiro atoms. The van der Waals surface area contributed by atoms with Crippen molar-refractivity contribution in [3.8, 4) is 0 Å². The van der Waals surface area contributed by atoms with Crippen LogP contribution in [-0.4, -0.2) is 22.1 Å². The molecule has 1 aromatic carbocycles. The van der Waals surface area contributed by atoms with Crippen LogP contribution in [0.25, 0.3) is 0 Å². The first-order valence-corrected chi connectivity index (χ1v) is 6.79. The minimum Gasteiger partial charge on any atom is -0.477 e. The highest BCUT2D eigenvalue weighted by Gasteiger charge is 2.17. The Morgan fingerprint density at radius 3 is 2.48 bits per heavy atom.